The van der Waals surface area contributed by atoms with E-state index in [9.17, 15) is 9.90 Å². The van der Waals surface area contributed by atoms with Gasteiger partial charge in [0, 0.05) is 25.1 Å². The SMILES string of the molecule is C/C=C\NCC(N=C(N)CCC)C1(C)C(O)C(NC(=O)c2cccc3c2CCCC3)CN1C. The Morgan fingerprint density at radius 2 is 2.15 bits per heavy atom. The Balaban J connectivity index is 1.81. The molecule has 3 rings (SSSR count). The van der Waals surface area contributed by atoms with Crippen LogP contribution >= 0.6 is 0 Å². The number of amides is 1. The topological polar surface area (TPSA) is 103 Å². The maximum atomic E-state index is 13.3. The number of likely N-dealkylation sites (N-methyl/N-ethyl adjacent to an activating group) is 1. The van der Waals surface area contributed by atoms with Gasteiger partial charge in [0.15, 0.2) is 0 Å². The molecule has 5 N–H and O–H groups in total. The zero-order valence-corrected chi connectivity index (χ0v) is 20.6. The first-order chi connectivity index (χ1) is 15.8. The van der Waals surface area contributed by atoms with Gasteiger partial charge in [0.1, 0.15) is 0 Å². The van der Waals surface area contributed by atoms with E-state index in [1.54, 1.807) is 0 Å². The highest BCUT2D eigenvalue weighted by Gasteiger charge is 2.53. The van der Waals surface area contributed by atoms with E-state index < -0.39 is 17.7 Å². The number of aliphatic hydroxyl groups excluding tert-OH is 1. The number of carbonyl (C=O) groups excluding carboxylic acids is 1. The van der Waals surface area contributed by atoms with Crippen molar-refractivity contribution in [3.63, 3.8) is 0 Å². The fraction of sp³-hybridized carbons (Fsp3) is 0.615. The van der Waals surface area contributed by atoms with Crippen molar-refractivity contribution in [1.29, 1.82) is 0 Å². The van der Waals surface area contributed by atoms with Gasteiger partial charge in [0.25, 0.3) is 5.91 Å². The Morgan fingerprint density at radius 1 is 1.39 bits per heavy atom. The number of allylic oxidation sites excluding steroid dienone is 1. The number of nitrogens with two attached hydrogens (primary N) is 1. The first-order valence-corrected chi connectivity index (χ1v) is 12.3. The molecule has 0 radical (unpaired) electrons. The van der Waals surface area contributed by atoms with Crippen LogP contribution in [0.25, 0.3) is 0 Å². The number of hydrogen-bond donors (Lipinski definition) is 4. The highest BCUT2D eigenvalue weighted by molar-refractivity contribution is 5.96. The lowest BCUT2D eigenvalue weighted by atomic mass is 9.85. The number of aliphatic imine (C=N–C) groups is 1. The summed E-state index contributed by atoms with van der Waals surface area (Å²) >= 11 is 0. The lowest BCUT2D eigenvalue weighted by Crippen LogP contribution is -2.59. The average Bonchev–Trinajstić information content (AvgIpc) is 3.02. The van der Waals surface area contributed by atoms with E-state index in [1.807, 2.05) is 45.3 Å². The summed E-state index contributed by atoms with van der Waals surface area (Å²) in [5, 5.41) is 17.9. The van der Waals surface area contributed by atoms with Gasteiger partial charge in [0.2, 0.25) is 0 Å². The fourth-order valence-electron chi connectivity index (χ4n) is 5.24. The number of hydrogen-bond acceptors (Lipinski definition) is 5. The molecule has 1 fully saturated rings. The first-order valence-electron chi connectivity index (χ1n) is 12.3. The van der Waals surface area contributed by atoms with Crippen molar-refractivity contribution >= 4 is 11.7 Å². The number of fused-ring (bicyclic) bond motifs is 1. The molecule has 7 heteroatoms. The van der Waals surface area contributed by atoms with E-state index in [4.69, 9.17) is 10.7 Å². The number of rotatable bonds is 9. The van der Waals surface area contributed by atoms with Gasteiger partial charge in [-0.2, -0.15) is 0 Å². The average molecular weight is 456 g/mol. The van der Waals surface area contributed by atoms with Gasteiger partial charge < -0.3 is 21.5 Å². The van der Waals surface area contributed by atoms with Crippen LogP contribution in [0, 0.1) is 0 Å². The Morgan fingerprint density at radius 3 is 2.88 bits per heavy atom. The van der Waals surface area contributed by atoms with Crippen molar-refractivity contribution in [2.75, 3.05) is 20.1 Å². The summed E-state index contributed by atoms with van der Waals surface area (Å²) in [7, 11) is 1.98. The van der Waals surface area contributed by atoms with Crippen molar-refractivity contribution in [1.82, 2.24) is 15.5 Å². The number of nitrogens with one attached hydrogen (secondary N) is 2. The molecule has 2 aliphatic rings. The second-order valence-electron chi connectivity index (χ2n) is 9.58. The van der Waals surface area contributed by atoms with Crippen molar-refractivity contribution in [2.45, 2.75) is 83.0 Å². The highest BCUT2D eigenvalue weighted by atomic mass is 16.3. The zero-order chi connectivity index (χ0) is 24.0. The van der Waals surface area contributed by atoms with E-state index in [1.165, 1.54) is 12.0 Å². The summed E-state index contributed by atoms with van der Waals surface area (Å²) in [5.41, 5.74) is 8.70. The molecule has 1 aromatic rings. The highest BCUT2D eigenvalue weighted by Crippen LogP contribution is 2.34. The van der Waals surface area contributed by atoms with Crippen LogP contribution in [0.4, 0.5) is 0 Å². The molecule has 0 spiro atoms. The van der Waals surface area contributed by atoms with E-state index >= 15 is 0 Å². The molecule has 4 atom stereocenters. The summed E-state index contributed by atoms with van der Waals surface area (Å²) in [6.45, 7) is 7.12. The molecular formula is C26H41N5O2. The minimum atomic E-state index is -0.790. The van der Waals surface area contributed by atoms with Crippen LogP contribution in [0.1, 0.15) is 67.9 Å². The lowest BCUT2D eigenvalue weighted by molar-refractivity contribution is 0.0272. The minimum Gasteiger partial charge on any atom is -0.389 e. The van der Waals surface area contributed by atoms with E-state index in [2.05, 4.69) is 28.5 Å². The van der Waals surface area contributed by atoms with Crippen molar-refractivity contribution in [2.24, 2.45) is 10.7 Å². The molecule has 7 nitrogen and oxygen atoms in total. The van der Waals surface area contributed by atoms with Gasteiger partial charge >= 0.3 is 0 Å². The van der Waals surface area contributed by atoms with Crippen molar-refractivity contribution in [3.8, 4) is 0 Å². The Bertz CT molecular complexity index is 883. The number of likely N-dealkylation sites (tertiary alicyclic amines) is 1. The maximum absolute atomic E-state index is 13.3. The molecule has 1 aliphatic carbocycles. The third-order valence-corrected chi connectivity index (χ3v) is 7.33. The van der Waals surface area contributed by atoms with Crippen LogP contribution in [-0.4, -0.2) is 65.6 Å². The summed E-state index contributed by atoms with van der Waals surface area (Å²) in [5.74, 6) is 0.489. The largest absolute Gasteiger partial charge is 0.389 e. The number of carbonyl (C=O) groups is 1. The van der Waals surface area contributed by atoms with Gasteiger partial charge in [-0.1, -0.05) is 25.1 Å². The Labute approximate surface area is 198 Å². The molecule has 1 aliphatic heterocycles. The van der Waals surface area contributed by atoms with Gasteiger partial charge in [-0.05, 0) is 76.4 Å². The third kappa shape index (κ3) is 5.41. The Kier molecular flexibility index (Phi) is 8.54. The van der Waals surface area contributed by atoms with E-state index in [0.29, 0.717) is 18.9 Å². The number of benzene rings is 1. The molecule has 0 aromatic heterocycles. The molecule has 1 aromatic carbocycles. The second kappa shape index (κ2) is 11.2. The second-order valence-corrected chi connectivity index (χ2v) is 9.58. The van der Waals surface area contributed by atoms with Crippen LogP contribution in [0.15, 0.2) is 35.5 Å². The summed E-state index contributed by atoms with van der Waals surface area (Å²) in [6, 6.07) is 5.34. The lowest BCUT2D eigenvalue weighted by Gasteiger charge is -2.40. The van der Waals surface area contributed by atoms with Crippen LogP contribution in [-0.2, 0) is 12.8 Å². The normalized spacial score (nSPS) is 26.9. The molecular weight excluding hydrogens is 414 g/mol. The third-order valence-electron chi connectivity index (χ3n) is 7.33. The molecule has 182 valence electrons. The number of amidine groups is 1. The standard InChI is InChI=1S/C26H41N5O2/c1-5-10-23(27)30-22(16-28-15-6-2)26(3)24(32)21(17-31(26)4)29-25(33)20-14-9-12-18-11-7-8-13-19(18)20/h6,9,12,14-15,21-22,24,28,32H,5,7-8,10-11,13,16-17H2,1-4H3,(H2,27,30)(H,29,33)/b15-6-. The van der Waals surface area contributed by atoms with E-state index in [0.717, 1.165) is 43.2 Å². The first kappa shape index (κ1) is 25.2. The summed E-state index contributed by atoms with van der Waals surface area (Å²) in [4.78, 5) is 20.2. The van der Waals surface area contributed by atoms with Gasteiger partial charge in [-0.3, -0.25) is 14.7 Å². The van der Waals surface area contributed by atoms with E-state index in [-0.39, 0.29) is 11.9 Å². The molecule has 33 heavy (non-hydrogen) atoms. The zero-order valence-electron chi connectivity index (χ0n) is 20.6. The molecule has 0 bridgehead atoms. The molecule has 1 heterocycles. The Hall–Kier alpha value is -2.38. The molecule has 1 saturated heterocycles. The van der Waals surface area contributed by atoms with Gasteiger partial charge in [0.05, 0.1) is 29.6 Å². The summed E-state index contributed by atoms with van der Waals surface area (Å²) < 4.78 is 0. The monoisotopic (exact) mass is 455 g/mol. The minimum absolute atomic E-state index is 0.104. The smallest absolute Gasteiger partial charge is 0.251 e. The van der Waals surface area contributed by atoms with Crippen LogP contribution in [0.3, 0.4) is 0 Å². The molecule has 0 saturated carbocycles. The maximum Gasteiger partial charge on any atom is 0.251 e. The quantitative estimate of drug-likeness (QED) is 0.338. The number of aliphatic hydroxyl groups is 1. The molecule has 4 unspecified atom stereocenters. The van der Waals surface area contributed by atoms with Gasteiger partial charge in [-0.25, -0.2) is 0 Å². The number of aryl methyl sites for hydroxylation is 1. The van der Waals surface area contributed by atoms with Gasteiger partial charge in [-0.15, -0.1) is 0 Å². The predicted molar refractivity (Wildman–Crippen MR) is 135 cm³/mol. The van der Waals surface area contributed by atoms with Crippen LogP contribution in [0.2, 0.25) is 0 Å². The van der Waals surface area contributed by atoms with Crippen molar-refractivity contribution in [3.05, 3.63) is 47.2 Å². The number of nitrogens with zero attached hydrogens (tertiary/aromatic N) is 2. The van der Waals surface area contributed by atoms with Crippen LogP contribution in [0.5, 0.6) is 0 Å². The van der Waals surface area contributed by atoms with Crippen LogP contribution < -0.4 is 16.4 Å². The molecule has 1 amide bonds. The fourth-order valence-corrected chi connectivity index (χ4v) is 5.24. The van der Waals surface area contributed by atoms with Crippen molar-refractivity contribution < 1.29 is 9.90 Å². The predicted octanol–water partition coefficient (Wildman–Crippen LogP) is 2.38. The summed E-state index contributed by atoms with van der Waals surface area (Å²) in [6.07, 6.45) is 8.90.